The van der Waals surface area contributed by atoms with Gasteiger partial charge in [0.2, 0.25) is 6.04 Å². The zero-order valence-corrected chi connectivity index (χ0v) is 16.0. The third-order valence-corrected chi connectivity index (χ3v) is 5.78. The molecule has 1 aliphatic rings. The minimum Gasteiger partial charge on any atom is -0.298 e. The molecule has 4 atom stereocenters. The van der Waals surface area contributed by atoms with Gasteiger partial charge < -0.3 is 0 Å². The topological polar surface area (TPSA) is 60.2 Å². The summed E-state index contributed by atoms with van der Waals surface area (Å²) in [6.07, 6.45) is 2.69. The summed E-state index contributed by atoms with van der Waals surface area (Å²) >= 11 is 6.45. The molecule has 3 rings (SSSR count). The highest BCUT2D eigenvalue weighted by Gasteiger charge is 2.50. The molecule has 140 valence electrons. The molecular weight excluding hydrogens is 362 g/mol. The molecule has 4 nitrogen and oxygen atoms in total. The smallest absolute Gasteiger partial charge is 0.231 e. The number of allylic oxidation sites excluding steroid dienone is 1. The molecule has 0 aliphatic heterocycles. The van der Waals surface area contributed by atoms with Crippen LogP contribution in [0.3, 0.4) is 0 Å². The van der Waals surface area contributed by atoms with Crippen molar-refractivity contribution in [2.45, 2.75) is 31.7 Å². The van der Waals surface area contributed by atoms with Crippen molar-refractivity contribution in [2.24, 2.45) is 11.8 Å². The molecule has 0 N–H and O–H groups in total. The summed E-state index contributed by atoms with van der Waals surface area (Å²) in [5, 5.41) is 12.8. The van der Waals surface area contributed by atoms with Crippen molar-refractivity contribution in [1.82, 2.24) is 0 Å². The van der Waals surface area contributed by atoms with Gasteiger partial charge in [-0.15, -0.1) is 0 Å². The standard InChI is InChI=1S/C22H22ClNO3/c1-14(2)18-12-16(13-25)20(15-8-4-3-5-9-15)22(24(26)27)21(18)17-10-6-7-11-19(17)23/h3-14,18,20-22H,1-2H3/t18-,20-,21-,22+/m1/s1. The van der Waals surface area contributed by atoms with Crippen LogP contribution >= 0.6 is 11.6 Å². The van der Waals surface area contributed by atoms with Crippen LogP contribution in [-0.4, -0.2) is 17.3 Å². The van der Waals surface area contributed by atoms with Gasteiger partial charge in [-0.1, -0.05) is 80.1 Å². The van der Waals surface area contributed by atoms with E-state index >= 15 is 0 Å². The number of rotatable bonds is 5. The summed E-state index contributed by atoms with van der Waals surface area (Å²) in [5.41, 5.74) is 2.02. The Hall–Kier alpha value is -2.46. The van der Waals surface area contributed by atoms with E-state index in [1.54, 1.807) is 6.07 Å². The minimum atomic E-state index is -0.968. The maximum Gasteiger partial charge on any atom is 0.231 e. The number of hydrogen-bond donors (Lipinski definition) is 0. The van der Waals surface area contributed by atoms with E-state index in [9.17, 15) is 14.9 Å². The zero-order chi connectivity index (χ0) is 19.6. The first-order chi connectivity index (χ1) is 13.0. The van der Waals surface area contributed by atoms with Gasteiger partial charge in [0.05, 0.1) is 11.8 Å². The van der Waals surface area contributed by atoms with E-state index in [2.05, 4.69) is 0 Å². The number of aldehydes is 1. The number of nitro groups is 1. The molecule has 0 saturated heterocycles. The summed E-state index contributed by atoms with van der Waals surface area (Å²) < 4.78 is 0. The van der Waals surface area contributed by atoms with Crippen molar-refractivity contribution in [1.29, 1.82) is 0 Å². The highest BCUT2D eigenvalue weighted by Crippen LogP contribution is 2.49. The zero-order valence-electron chi connectivity index (χ0n) is 15.3. The van der Waals surface area contributed by atoms with Crippen LogP contribution in [0.1, 0.15) is 36.8 Å². The minimum absolute atomic E-state index is 0.125. The maximum absolute atomic E-state index is 12.3. The summed E-state index contributed by atoms with van der Waals surface area (Å²) in [6.45, 7) is 4.04. The van der Waals surface area contributed by atoms with E-state index in [-0.39, 0.29) is 16.8 Å². The van der Waals surface area contributed by atoms with Crippen LogP contribution in [0.2, 0.25) is 5.02 Å². The average Bonchev–Trinajstić information content (AvgIpc) is 2.67. The number of benzene rings is 2. The Morgan fingerprint density at radius 3 is 2.26 bits per heavy atom. The number of hydrogen-bond acceptors (Lipinski definition) is 3. The molecular formula is C22H22ClNO3. The largest absolute Gasteiger partial charge is 0.298 e. The van der Waals surface area contributed by atoms with Crippen molar-refractivity contribution in [3.8, 4) is 0 Å². The maximum atomic E-state index is 12.3. The number of halogens is 1. The molecule has 0 amide bonds. The second-order valence-electron chi connectivity index (χ2n) is 7.32. The van der Waals surface area contributed by atoms with Crippen molar-refractivity contribution < 1.29 is 9.72 Å². The highest BCUT2D eigenvalue weighted by molar-refractivity contribution is 6.31. The Balaban J connectivity index is 2.26. The molecule has 0 spiro atoms. The van der Waals surface area contributed by atoms with E-state index in [0.29, 0.717) is 10.6 Å². The number of carbonyl (C=O) groups excluding carboxylic acids is 1. The third-order valence-electron chi connectivity index (χ3n) is 5.44. The van der Waals surface area contributed by atoms with Crippen LogP contribution in [-0.2, 0) is 4.79 Å². The first kappa shape index (κ1) is 19.3. The van der Waals surface area contributed by atoms with Crippen molar-refractivity contribution in [2.75, 3.05) is 0 Å². The molecule has 0 heterocycles. The molecule has 2 aromatic carbocycles. The molecule has 0 bridgehead atoms. The van der Waals surface area contributed by atoms with Crippen molar-refractivity contribution in [3.05, 3.63) is 92.5 Å². The van der Waals surface area contributed by atoms with Gasteiger partial charge in [0.25, 0.3) is 0 Å². The van der Waals surface area contributed by atoms with Gasteiger partial charge in [-0.3, -0.25) is 14.9 Å². The van der Waals surface area contributed by atoms with Gasteiger partial charge in [-0.25, -0.2) is 0 Å². The monoisotopic (exact) mass is 383 g/mol. The predicted molar refractivity (Wildman–Crippen MR) is 107 cm³/mol. The second kappa shape index (κ2) is 8.05. The molecule has 0 fully saturated rings. The summed E-state index contributed by atoms with van der Waals surface area (Å²) in [6, 6.07) is 15.6. The molecule has 5 heteroatoms. The molecule has 0 radical (unpaired) electrons. The van der Waals surface area contributed by atoms with Crippen molar-refractivity contribution >= 4 is 17.9 Å². The Labute approximate surface area is 164 Å². The lowest BCUT2D eigenvalue weighted by Crippen LogP contribution is -2.43. The van der Waals surface area contributed by atoms with Crippen LogP contribution in [0.5, 0.6) is 0 Å². The third kappa shape index (κ3) is 3.67. The van der Waals surface area contributed by atoms with Crippen LogP contribution in [0, 0.1) is 22.0 Å². The normalized spacial score (nSPS) is 25.1. The molecule has 1 aliphatic carbocycles. The van der Waals surface area contributed by atoms with Gasteiger partial charge in [-0.05, 0) is 29.0 Å². The lowest BCUT2D eigenvalue weighted by atomic mass is 9.64. The number of nitrogens with zero attached hydrogens (tertiary/aromatic N) is 1. The molecule has 2 aromatic rings. The fraction of sp³-hybridized carbons (Fsp3) is 0.318. The van der Waals surface area contributed by atoms with E-state index in [1.807, 2.05) is 68.5 Å². The fourth-order valence-corrected chi connectivity index (χ4v) is 4.48. The average molecular weight is 384 g/mol. The molecule has 0 saturated carbocycles. The van der Waals surface area contributed by atoms with Crippen LogP contribution in [0.25, 0.3) is 0 Å². The first-order valence-corrected chi connectivity index (χ1v) is 9.43. The Morgan fingerprint density at radius 1 is 1.07 bits per heavy atom. The summed E-state index contributed by atoms with van der Waals surface area (Å²) in [5.74, 6) is -1.04. The van der Waals surface area contributed by atoms with Crippen LogP contribution in [0.4, 0.5) is 0 Å². The summed E-state index contributed by atoms with van der Waals surface area (Å²) in [4.78, 5) is 23.9. The quantitative estimate of drug-likeness (QED) is 0.401. The number of carbonyl (C=O) groups is 1. The lowest BCUT2D eigenvalue weighted by Gasteiger charge is -2.39. The fourth-order valence-electron chi connectivity index (χ4n) is 4.22. The molecule has 0 unspecified atom stereocenters. The van der Waals surface area contributed by atoms with Gasteiger partial charge >= 0.3 is 0 Å². The highest BCUT2D eigenvalue weighted by atomic mass is 35.5. The van der Waals surface area contributed by atoms with E-state index in [0.717, 1.165) is 17.4 Å². The lowest BCUT2D eigenvalue weighted by molar-refractivity contribution is -0.532. The Kier molecular flexibility index (Phi) is 5.76. The van der Waals surface area contributed by atoms with Gasteiger partial charge in [0, 0.05) is 15.5 Å². The predicted octanol–water partition coefficient (Wildman–Crippen LogP) is 5.26. The Bertz CT molecular complexity index is 863. The van der Waals surface area contributed by atoms with Gasteiger partial charge in [0.15, 0.2) is 0 Å². The van der Waals surface area contributed by atoms with Crippen LogP contribution < -0.4 is 0 Å². The second-order valence-corrected chi connectivity index (χ2v) is 7.72. The molecule has 0 aromatic heterocycles. The van der Waals surface area contributed by atoms with E-state index in [4.69, 9.17) is 11.6 Å². The van der Waals surface area contributed by atoms with Crippen molar-refractivity contribution in [3.63, 3.8) is 0 Å². The van der Waals surface area contributed by atoms with E-state index < -0.39 is 17.9 Å². The van der Waals surface area contributed by atoms with Crippen LogP contribution in [0.15, 0.2) is 66.2 Å². The van der Waals surface area contributed by atoms with Gasteiger partial charge in [-0.2, -0.15) is 0 Å². The SMILES string of the molecule is CC(C)[C@H]1C=C(C=O)[C@@H](c2ccccc2)[C@H]([N+](=O)[O-])[C@@H]1c1ccccc1Cl. The van der Waals surface area contributed by atoms with E-state index in [1.165, 1.54) is 0 Å². The van der Waals surface area contributed by atoms with Gasteiger partial charge in [0.1, 0.15) is 6.29 Å². The Morgan fingerprint density at radius 2 is 1.70 bits per heavy atom. The summed E-state index contributed by atoms with van der Waals surface area (Å²) in [7, 11) is 0. The molecule has 27 heavy (non-hydrogen) atoms. The first-order valence-electron chi connectivity index (χ1n) is 9.05.